The Morgan fingerprint density at radius 3 is 2.70 bits per heavy atom. The highest BCUT2D eigenvalue weighted by atomic mass is 79.9. The lowest BCUT2D eigenvalue weighted by molar-refractivity contribution is 0.416. The Kier molecular flexibility index (Phi) is 4.11. The van der Waals surface area contributed by atoms with Crippen molar-refractivity contribution in [3.63, 3.8) is 0 Å². The maximum Gasteiger partial charge on any atom is 0.148 e. The zero-order valence-corrected chi connectivity index (χ0v) is 12.2. The lowest BCUT2D eigenvalue weighted by atomic mass is 10.1. The van der Waals surface area contributed by atoms with E-state index < -0.39 is 5.82 Å². The number of anilines is 3. The van der Waals surface area contributed by atoms with Gasteiger partial charge in [-0.15, -0.1) is 0 Å². The van der Waals surface area contributed by atoms with E-state index in [9.17, 15) is 4.39 Å². The Hall–Kier alpha value is -2.26. The molecule has 0 aliphatic heterocycles. The van der Waals surface area contributed by atoms with Crippen LogP contribution in [0.25, 0.3) is 0 Å². The molecular formula is C14H11BrFN3O. The summed E-state index contributed by atoms with van der Waals surface area (Å²) in [5.41, 5.74) is 6.92. The first kappa shape index (κ1) is 14.2. The molecule has 0 atom stereocenters. The molecule has 0 aromatic heterocycles. The molecule has 0 spiro atoms. The van der Waals surface area contributed by atoms with Crippen LogP contribution in [0.5, 0.6) is 5.75 Å². The maximum atomic E-state index is 13.9. The smallest absolute Gasteiger partial charge is 0.148 e. The lowest BCUT2D eigenvalue weighted by Crippen LogP contribution is -2.00. The van der Waals surface area contributed by atoms with Crippen molar-refractivity contribution >= 4 is 33.0 Å². The number of hydrogen-bond donors (Lipinski definition) is 2. The second-order valence-corrected chi connectivity index (χ2v) is 4.92. The van der Waals surface area contributed by atoms with Gasteiger partial charge in [-0.1, -0.05) is 15.9 Å². The van der Waals surface area contributed by atoms with Gasteiger partial charge in [0, 0.05) is 16.6 Å². The molecular weight excluding hydrogens is 325 g/mol. The minimum Gasteiger partial charge on any atom is -0.495 e. The molecule has 6 heteroatoms. The summed E-state index contributed by atoms with van der Waals surface area (Å²) in [5, 5.41) is 11.9. The fraction of sp³-hybridized carbons (Fsp3) is 0.0714. The second-order valence-electron chi connectivity index (χ2n) is 4.00. The molecule has 2 rings (SSSR count). The monoisotopic (exact) mass is 335 g/mol. The molecule has 0 unspecified atom stereocenters. The fourth-order valence-corrected chi connectivity index (χ4v) is 2.06. The SMILES string of the molecule is COc1cc(Nc2cc(Br)ccc2C#N)c(F)cc1N. The van der Waals surface area contributed by atoms with Crippen molar-refractivity contribution in [3.8, 4) is 11.8 Å². The van der Waals surface area contributed by atoms with E-state index in [-0.39, 0.29) is 11.4 Å². The third kappa shape index (κ3) is 2.83. The molecule has 20 heavy (non-hydrogen) atoms. The first-order valence-electron chi connectivity index (χ1n) is 5.65. The van der Waals surface area contributed by atoms with Gasteiger partial charge < -0.3 is 15.8 Å². The largest absolute Gasteiger partial charge is 0.495 e. The number of nitrogens with one attached hydrogen (secondary N) is 1. The number of halogens is 2. The number of nitrogens with two attached hydrogens (primary N) is 1. The van der Waals surface area contributed by atoms with Gasteiger partial charge in [-0.2, -0.15) is 5.26 Å². The Morgan fingerprint density at radius 2 is 2.05 bits per heavy atom. The molecule has 0 aliphatic carbocycles. The number of nitriles is 1. The van der Waals surface area contributed by atoms with Crippen LogP contribution < -0.4 is 15.8 Å². The molecule has 0 bridgehead atoms. The van der Waals surface area contributed by atoms with E-state index in [2.05, 4.69) is 21.2 Å². The standard InChI is InChI=1S/C14H11BrFN3O/c1-20-14-6-13(10(16)5-11(14)18)19-12-4-9(15)3-2-8(12)7-17/h2-6,19H,18H2,1H3. The number of benzene rings is 2. The average molecular weight is 336 g/mol. The van der Waals surface area contributed by atoms with Crippen molar-refractivity contribution in [3.05, 3.63) is 46.2 Å². The highest BCUT2D eigenvalue weighted by Gasteiger charge is 2.11. The zero-order valence-electron chi connectivity index (χ0n) is 10.6. The Morgan fingerprint density at radius 1 is 1.30 bits per heavy atom. The van der Waals surface area contributed by atoms with Crippen LogP contribution in [-0.2, 0) is 0 Å². The molecule has 0 aliphatic rings. The molecule has 0 saturated heterocycles. The van der Waals surface area contributed by atoms with Crippen LogP contribution >= 0.6 is 15.9 Å². The van der Waals surface area contributed by atoms with Gasteiger partial charge in [-0.3, -0.25) is 0 Å². The topological polar surface area (TPSA) is 71.1 Å². The summed E-state index contributed by atoms with van der Waals surface area (Å²) in [6.07, 6.45) is 0. The van der Waals surface area contributed by atoms with Gasteiger partial charge in [0.2, 0.25) is 0 Å². The Bertz CT molecular complexity index is 698. The molecule has 2 aromatic carbocycles. The van der Waals surface area contributed by atoms with Gasteiger partial charge in [0.05, 0.1) is 29.7 Å². The minimum absolute atomic E-state index is 0.186. The van der Waals surface area contributed by atoms with Crippen LogP contribution in [0.2, 0.25) is 0 Å². The van der Waals surface area contributed by atoms with Crippen molar-refractivity contribution in [2.45, 2.75) is 0 Å². The van der Waals surface area contributed by atoms with E-state index in [1.807, 2.05) is 6.07 Å². The molecule has 3 N–H and O–H groups in total. The zero-order chi connectivity index (χ0) is 14.7. The molecule has 102 valence electrons. The van der Waals surface area contributed by atoms with E-state index in [0.717, 1.165) is 4.47 Å². The van der Waals surface area contributed by atoms with E-state index in [1.54, 1.807) is 18.2 Å². The van der Waals surface area contributed by atoms with E-state index in [1.165, 1.54) is 19.2 Å². The fourth-order valence-electron chi connectivity index (χ4n) is 1.70. The van der Waals surface area contributed by atoms with Crippen LogP contribution in [-0.4, -0.2) is 7.11 Å². The van der Waals surface area contributed by atoms with E-state index in [0.29, 0.717) is 17.0 Å². The molecule has 0 amide bonds. The maximum absolute atomic E-state index is 13.9. The summed E-state index contributed by atoms with van der Waals surface area (Å²) in [7, 11) is 1.45. The first-order chi connectivity index (χ1) is 9.55. The third-order valence-electron chi connectivity index (χ3n) is 2.69. The van der Waals surface area contributed by atoms with Crippen LogP contribution in [0.3, 0.4) is 0 Å². The van der Waals surface area contributed by atoms with Gasteiger partial charge in [-0.05, 0) is 18.2 Å². The predicted octanol–water partition coefficient (Wildman–Crippen LogP) is 3.79. The van der Waals surface area contributed by atoms with Crippen LogP contribution in [0.1, 0.15) is 5.56 Å². The number of rotatable bonds is 3. The molecule has 0 fully saturated rings. The van der Waals surface area contributed by atoms with Gasteiger partial charge >= 0.3 is 0 Å². The predicted molar refractivity (Wildman–Crippen MR) is 79.5 cm³/mol. The Balaban J connectivity index is 2.45. The van der Waals surface area contributed by atoms with Crippen molar-refractivity contribution in [2.75, 3.05) is 18.2 Å². The van der Waals surface area contributed by atoms with Crippen molar-refractivity contribution in [2.24, 2.45) is 0 Å². The van der Waals surface area contributed by atoms with Crippen LogP contribution in [0, 0.1) is 17.1 Å². The van der Waals surface area contributed by atoms with Gasteiger partial charge in [0.1, 0.15) is 17.6 Å². The number of nitrogens with zero attached hydrogens (tertiary/aromatic N) is 1. The summed E-state index contributed by atoms with van der Waals surface area (Å²) in [6, 6.07) is 9.74. The number of nitrogen functional groups attached to an aromatic ring is 1. The number of ether oxygens (including phenoxy) is 1. The molecule has 0 radical (unpaired) electrons. The van der Waals surface area contributed by atoms with Gasteiger partial charge in [0.15, 0.2) is 0 Å². The molecule has 4 nitrogen and oxygen atoms in total. The van der Waals surface area contributed by atoms with Gasteiger partial charge in [0.25, 0.3) is 0 Å². The molecule has 2 aromatic rings. The van der Waals surface area contributed by atoms with Crippen molar-refractivity contribution in [1.29, 1.82) is 5.26 Å². The second kappa shape index (κ2) is 5.80. The quantitative estimate of drug-likeness (QED) is 0.837. The Labute approximate surface area is 124 Å². The average Bonchev–Trinajstić information content (AvgIpc) is 2.42. The lowest BCUT2D eigenvalue weighted by Gasteiger charge is -2.12. The van der Waals surface area contributed by atoms with E-state index >= 15 is 0 Å². The first-order valence-corrected chi connectivity index (χ1v) is 6.44. The summed E-state index contributed by atoms with van der Waals surface area (Å²) >= 11 is 3.31. The van der Waals surface area contributed by atoms with Crippen LogP contribution in [0.4, 0.5) is 21.5 Å². The molecule has 0 heterocycles. The summed E-state index contributed by atoms with van der Waals surface area (Å²) in [5.74, 6) is -0.158. The summed E-state index contributed by atoms with van der Waals surface area (Å²) in [4.78, 5) is 0. The molecule has 0 saturated carbocycles. The highest BCUT2D eigenvalue weighted by molar-refractivity contribution is 9.10. The van der Waals surface area contributed by atoms with Crippen molar-refractivity contribution in [1.82, 2.24) is 0 Å². The third-order valence-corrected chi connectivity index (χ3v) is 3.18. The number of hydrogen-bond acceptors (Lipinski definition) is 4. The minimum atomic E-state index is -0.521. The van der Waals surface area contributed by atoms with Crippen LogP contribution in [0.15, 0.2) is 34.8 Å². The highest BCUT2D eigenvalue weighted by Crippen LogP contribution is 2.31. The summed E-state index contributed by atoms with van der Waals surface area (Å²) in [6.45, 7) is 0. The van der Waals surface area contributed by atoms with Gasteiger partial charge in [-0.25, -0.2) is 4.39 Å². The van der Waals surface area contributed by atoms with E-state index in [4.69, 9.17) is 15.7 Å². The number of methoxy groups -OCH3 is 1. The van der Waals surface area contributed by atoms with Crippen molar-refractivity contribution < 1.29 is 9.13 Å². The normalized spacial score (nSPS) is 9.90. The summed E-state index contributed by atoms with van der Waals surface area (Å²) < 4.78 is 19.7.